The second-order valence-electron chi connectivity index (χ2n) is 4.30. The molecule has 0 fully saturated rings. The number of nitro groups is 2. The lowest BCUT2D eigenvalue weighted by Crippen LogP contribution is -1.98. The molecule has 118 valence electrons. The van der Waals surface area contributed by atoms with Crippen molar-refractivity contribution in [3.05, 3.63) is 62.2 Å². The summed E-state index contributed by atoms with van der Waals surface area (Å²) in [6.07, 6.45) is 1.14. The van der Waals surface area contributed by atoms with E-state index >= 15 is 0 Å². The topological polar surface area (TPSA) is 151 Å². The third kappa shape index (κ3) is 3.50. The molecule has 0 amide bonds. The number of rotatable bonds is 5. The lowest BCUT2D eigenvalue weighted by Gasteiger charge is -2.03. The normalized spacial score (nSPS) is 10.6. The van der Waals surface area contributed by atoms with E-state index in [4.69, 9.17) is 0 Å². The summed E-state index contributed by atoms with van der Waals surface area (Å²) in [7, 11) is 0. The van der Waals surface area contributed by atoms with Gasteiger partial charge in [-0.05, 0) is 18.2 Å². The van der Waals surface area contributed by atoms with Crippen molar-refractivity contribution in [2.24, 2.45) is 5.10 Å². The number of benzene rings is 2. The Labute approximate surface area is 128 Å². The fraction of sp³-hybridized carbons (Fsp3) is 0. The highest BCUT2D eigenvalue weighted by Gasteiger charge is 2.19. The van der Waals surface area contributed by atoms with Crippen molar-refractivity contribution in [3.63, 3.8) is 0 Å². The molecule has 0 unspecified atom stereocenters. The van der Waals surface area contributed by atoms with Crippen LogP contribution in [0.15, 0.2) is 41.5 Å². The van der Waals surface area contributed by atoms with E-state index in [0.717, 1.165) is 24.4 Å². The SMILES string of the molecule is O=[N+]([O-])c1ccc(N/N=C\c2cccc(O)c2O)c([N+](=O)[O-])c1. The molecule has 2 aromatic rings. The van der Waals surface area contributed by atoms with Gasteiger partial charge in [-0.3, -0.25) is 25.7 Å². The van der Waals surface area contributed by atoms with Gasteiger partial charge in [0, 0.05) is 11.6 Å². The van der Waals surface area contributed by atoms with Gasteiger partial charge in [0.15, 0.2) is 11.5 Å². The van der Waals surface area contributed by atoms with Crippen LogP contribution in [-0.2, 0) is 0 Å². The molecule has 0 saturated heterocycles. The average Bonchev–Trinajstić information content (AvgIpc) is 2.51. The number of nitrogens with one attached hydrogen (secondary N) is 1. The molecule has 0 spiro atoms. The molecule has 0 atom stereocenters. The van der Waals surface area contributed by atoms with E-state index in [0.29, 0.717) is 0 Å². The minimum absolute atomic E-state index is 0.0588. The maximum atomic E-state index is 10.9. The number of nitro benzene ring substituents is 2. The van der Waals surface area contributed by atoms with Gasteiger partial charge in [-0.2, -0.15) is 5.10 Å². The van der Waals surface area contributed by atoms with Crippen LogP contribution in [0.25, 0.3) is 0 Å². The number of non-ortho nitro benzene ring substituents is 1. The molecule has 0 aliphatic rings. The molecule has 0 aliphatic carbocycles. The zero-order valence-corrected chi connectivity index (χ0v) is 11.4. The average molecular weight is 318 g/mol. The van der Waals surface area contributed by atoms with Gasteiger partial charge in [0.1, 0.15) is 5.69 Å². The smallest absolute Gasteiger partial charge is 0.301 e. The Balaban J connectivity index is 2.26. The Bertz CT molecular complexity index is 805. The summed E-state index contributed by atoms with van der Waals surface area (Å²) in [4.78, 5) is 20.1. The first kappa shape index (κ1) is 15.7. The summed E-state index contributed by atoms with van der Waals surface area (Å²) >= 11 is 0. The second-order valence-corrected chi connectivity index (χ2v) is 4.30. The number of para-hydroxylation sites is 1. The van der Waals surface area contributed by atoms with E-state index in [1.807, 2.05) is 0 Å². The van der Waals surface area contributed by atoms with Crippen molar-refractivity contribution in [2.75, 3.05) is 5.43 Å². The Morgan fingerprint density at radius 3 is 2.48 bits per heavy atom. The Morgan fingerprint density at radius 1 is 1.09 bits per heavy atom. The van der Waals surface area contributed by atoms with E-state index < -0.39 is 27.0 Å². The van der Waals surface area contributed by atoms with Gasteiger partial charge < -0.3 is 10.2 Å². The predicted molar refractivity (Wildman–Crippen MR) is 80.7 cm³/mol. The molecule has 0 heterocycles. The second kappa shape index (κ2) is 6.39. The molecule has 3 N–H and O–H groups in total. The molecule has 2 aromatic carbocycles. The van der Waals surface area contributed by atoms with Crippen molar-refractivity contribution >= 4 is 23.3 Å². The van der Waals surface area contributed by atoms with Gasteiger partial charge in [0.25, 0.3) is 5.69 Å². The quantitative estimate of drug-likeness (QED) is 0.331. The van der Waals surface area contributed by atoms with E-state index in [1.165, 1.54) is 18.2 Å². The van der Waals surface area contributed by atoms with E-state index in [2.05, 4.69) is 10.5 Å². The Kier molecular flexibility index (Phi) is 4.36. The van der Waals surface area contributed by atoms with Gasteiger partial charge in [-0.1, -0.05) is 6.07 Å². The van der Waals surface area contributed by atoms with Crippen LogP contribution in [0, 0.1) is 20.2 Å². The van der Waals surface area contributed by atoms with E-state index in [1.54, 1.807) is 0 Å². The molecule has 2 rings (SSSR count). The number of hydrazone groups is 1. The highest BCUT2D eigenvalue weighted by atomic mass is 16.6. The van der Waals surface area contributed by atoms with Crippen LogP contribution in [0.4, 0.5) is 17.1 Å². The molecule has 0 aromatic heterocycles. The number of phenols is 2. The van der Waals surface area contributed by atoms with Crippen molar-refractivity contribution in [1.82, 2.24) is 0 Å². The summed E-state index contributed by atoms with van der Waals surface area (Å²) in [5, 5.41) is 44.2. The summed E-state index contributed by atoms with van der Waals surface area (Å²) in [6.45, 7) is 0. The van der Waals surface area contributed by atoms with Gasteiger partial charge >= 0.3 is 5.69 Å². The van der Waals surface area contributed by atoms with E-state index in [9.17, 15) is 30.4 Å². The van der Waals surface area contributed by atoms with Crippen molar-refractivity contribution in [3.8, 4) is 11.5 Å². The van der Waals surface area contributed by atoms with Crippen molar-refractivity contribution < 1.29 is 20.1 Å². The standard InChI is InChI=1S/C13H10N4O6/c18-12-3-1-2-8(13(12)19)7-14-15-10-5-4-9(16(20)21)6-11(10)17(22)23/h1-7,15,18-19H/b14-7-. The number of nitrogens with zero attached hydrogens (tertiary/aromatic N) is 3. The Morgan fingerprint density at radius 2 is 1.83 bits per heavy atom. The highest BCUT2D eigenvalue weighted by molar-refractivity contribution is 5.85. The zero-order chi connectivity index (χ0) is 17.0. The van der Waals surface area contributed by atoms with Crippen LogP contribution in [0.1, 0.15) is 5.56 Å². The molecule has 0 bridgehead atoms. The molecule has 23 heavy (non-hydrogen) atoms. The molecule has 10 nitrogen and oxygen atoms in total. The fourth-order valence-electron chi connectivity index (χ4n) is 1.70. The minimum atomic E-state index is -0.781. The summed E-state index contributed by atoms with van der Waals surface area (Å²) in [6, 6.07) is 7.27. The van der Waals surface area contributed by atoms with Crippen LogP contribution >= 0.6 is 0 Å². The first-order valence-electron chi connectivity index (χ1n) is 6.13. The number of phenolic OH excluding ortho intramolecular Hbond substituents is 2. The zero-order valence-electron chi connectivity index (χ0n) is 11.4. The highest BCUT2D eigenvalue weighted by Crippen LogP contribution is 2.29. The number of hydrogen-bond donors (Lipinski definition) is 3. The maximum Gasteiger partial charge on any atom is 0.301 e. The van der Waals surface area contributed by atoms with Crippen LogP contribution in [-0.4, -0.2) is 26.3 Å². The minimum Gasteiger partial charge on any atom is -0.504 e. The van der Waals surface area contributed by atoms with E-state index in [-0.39, 0.29) is 17.0 Å². The third-order valence-corrected chi connectivity index (χ3v) is 2.82. The van der Waals surface area contributed by atoms with Gasteiger partial charge in [-0.15, -0.1) is 0 Å². The molecule has 0 radical (unpaired) electrons. The largest absolute Gasteiger partial charge is 0.504 e. The summed E-state index contributed by atoms with van der Waals surface area (Å²) < 4.78 is 0. The molecule has 10 heteroatoms. The maximum absolute atomic E-state index is 10.9. The molecular formula is C13H10N4O6. The van der Waals surface area contributed by atoms with Crippen LogP contribution < -0.4 is 5.43 Å². The number of hydrogen-bond acceptors (Lipinski definition) is 8. The lowest BCUT2D eigenvalue weighted by atomic mass is 10.2. The summed E-state index contributed by atoms with van der Waals surface area (Å²) in [5.74, 6) is -0.730. The monoisotopic (exact) mass is 318 g/mol. The molecular weight excluding hydrogens is 308 g/mol. The first-order chi connectivity index (χ1) is 10.9. The van der Waals surface area contributed by atoms with Crippen molar-refractivity contribution in [1.29, 1.82) is 0 Å². The molecule has 0 aliphatic heterocycles. The number of anilines is 1. The Hall–Kier alpha value is -3.69. The van der Waals surface area contributed by atoms with Crippen LogP contribution in [0.3, 0.4) is 0 Å². The summed E-state index contributed by atoms with van der Waals surface area (Å²) in [5.41, 5.74) is 1.56. The van der Waals surface area contributed by atoms with Crippen molar-refractivity contribution in [2.45, 2.75) is 0 Å². The van der Waals surface area contributed by atoms with Gasteiger partial charge in [0.05, 0.1) is 22.1 Å². The predicted octanol–water partition coefficient (Wildman–Crippen LogP) is 2.36. The number of aromatic hydroxyl groups is 2. The fourth-order valence-corrected chi connectivity index (χ4v) is 1.70. The first-order valence-corrected chi connectivity index (χ1v) is 6.13. The van der Waals surface area contributed by atoms with Crippen LogP contribution in [0.2, 0.25) is 0 Å². The molecule has 0 saturated carbocycles. The van der Waals surface area contributed by atoms with Gasteiger partial charge in [0.2, 0.25) is 0 Å². The third-order valence-electron chi connectivity index (χ3n) is 2.82. The van der Waals surface area contributed by atoms with Gasteiger partial charge in [-0.25, -0.2) is 0 Å². The lowest BCUT2D eigenvalue weighted by molar-refractivity contribution is -0.393. The van der Waals surface area contributed by atoms with Crippen LogP contribution in [0.5, 0.6) is 11.5 Å².